The van der Waals surface area contributed by atoms with E-state index >= 15 is 0 Å². The molecule has 2 N–H and O–H groups in total. The summed E-state index contributed by atoms with van der Waals surface area (Å²) in [4.78, 5) is 17.6. The van der Waals surface area contributed by atoms with Crippen LogP contribution >= 0.6 is 0 Å². The third-order valence-corrected chi connectivity index (χ3v) is 4.56. The minimum atomic E-state index is 0.144. The molecule has 1 aromatic carbocycles. The number of aliphatic imine (C=N–C) groups is 1. The Labute approximate surface area is 153 Å². The number of amides is 1. The zero-order valence-electron chi connectivity index (χ0n) is 15.2. The van der Waals surface area contributed by atoms with E-state index in [1.807, 2.05) is 41.3 Å². The molecule has 0 saturated carbocycles. The number of piperidine rings is 1. The second-order valence-electron chi connectivity index (χ2n) is 6.39. The molecule has 1 aliphatic rings. The molecule has 1 amide bonds. The van der Waals surface area contributed by atoms with Crippen LogP contribution in [0.4, 0.5) is 0 Å². The van der Waals surface area contributed by atoms with E-state index in [1.54, 1.807) is 14.0 Å². The van der Waals surface area contributed by atoms with E-state index < -0.39 is 0 Å². The van der Waals surface area contributed by atoms with Crippen molar-refractivity contribution in [2.45, 2.75) is 32.4 Å². The summed E-state index contributed by atoms with van der Waals surface area (Å²) in [6, 6.07) is 12.2. The maximum atomic E-state index is 11.4. The highest BCUT2D eigenvalue weighted by Crippen LogP contribution is 2.18. The zero-order valence-corrected chi connectivity index (χ0v) is 15.2. The number of guanidine groups is 1. The van der Waals surface area contributed by atoms with Gasteiger partial charge in [-0.1, -0.05) is 35.5 Å². The fourth-order valence-corrected chi connectivity index (χ4v) is 3.04. The Morgan fingerprint density at radius 2 is 2.04 bits per heavy atom. The van der Waals surface area contributed by atoms with E-state index in [-0.39, 0.29) is 5.91 Å². The molecule has 0 atom stereocenters. The van der Waals surface area contributed by atoms with Gasteiger partial charge in [0.2, 0.25) is 5.91 Å². The van der Waals surface area contributed by atoms with Gasteiger partial charge in [0, 0.05) is 44.7 Å². The SMILES string of the molecule is CN=C(NCc1cc(-c2ccccc2)no1)NC1CCN(C(C)=O)CC1. The number of aromatic nitrogens is 1. The van der Waals surface area contributed by atoms with Crippen LogP contribution in [0, 0.1) is 0 Å². The van der Waals surface area contributed by atoms with Crippen LogP contribution in [0.5, 0.6) is 0 Å². The van der Waals surface area contributed by atoms with Crippen LogP contribution in [0.3, 0.4) is 0 Å². The van der Waals surface area contributed by atoms with Crippen LogP contribution in [-0.2, 0) is 11.3 Å². The van der Waals surface area contributed by atoms with Gasteiger partial charge in [-0.05, 0) is 12.8 Å². The van der Waals surface area contributed by atoms with Gasteiger partial charge < -0.3 is 20.1 Å². The molecule has 0 spiro atoms. The van der Waals surface area contributed by atoms with Crippen LogP contribution in [0.2, 0.25) is 0 Å². The van der Waals surface area contributed by atoms with E-state index in [0.29, 0.717) is 12.6 Å². The normalized spacial score (nSPS) is 15.8. The predicted octanol–water partition coefficient (Wildman–Crippen LogP) is 2.02. The molecule has 1 aliphatic heterocycles. The lowest BCUT2D eigenvalue weighted by atomic mass is 10.1. The number of nitrogens with one attached hydrogen (secondary N) is 2. The average molecular weight is 355 g/mol. The van der Waals surface area contributed by atoms with Crippen molar-refractivity contribution in [2.75, 3.05) is 20.1 Å². The van der Waals surface area contributed by atoms with Crippen molar-refractivity contribution in [3.8, 4) is 11.3 Å². The van der Waals surface area contributed by atoms with Crippen molar-refractivity contribution in [3.63, 3.8) is 0 Å². The first-order valence-electron chi connectivity index (χ1n) is 8.89. The number of rotatable bonds is 4. The first kappa shape index (κ1) is 18.0. The van der Waals surface area contributed by atoms with Crippen LogP contribution in [0.25, 0.3) is 11.3 Å². The van der Waals surface area contributed by atoms with Gasteiger partial charge in [0.15, 0.2) is 11.7 Å². The molecule has 7 heteroatoms. The van der Waals surface area contributed by atoms with Crippen LogP contribution < -0.4 is 10.6 Å². The molecule has 7 nitrogen and oxygen atoms in total. The van der Waals surface area contributed by atoms with E-state index in [1.165, 1.54) is 0 Å². The summed E-state index contributed by atoms with van der Waals surface area (Å²) in [5.41, 5.74) is 1.85. The Morgan fingerprint density at radius 3 is 2.69 bits per heavy atom. The van der Waals surface area contributed by atoms with Crippen molar-refractivity contribution in [1.29, 1.82) is 0 Å². The van der Waals surface area contributed by atoms with Crippen molar-refractivity contribution >= 4 is 11.9 Å². The lowest BCUT2D eigenvalue weighted by Gasteiger charge is -2.32. The second-order valence-corrected chi connectivity index (χ2v) is 6.39. The Balaban J connectivity index is 1.49. The summed E-state index contributed by atoms with van der Waals surface area (Å²) >= 11 is 0. The highest BCUT2D eigenvalue weighted by molar-refractivity contribution is 5.80. The lowest BCUT2D eigenvalue weighted by molar-refractivity contribution is -0.129. The fourth-order valence-electron chi connectivity index (χ4n) is 3.04. The lowest BCUT2D eigenvalue weighted by Crippen LogP contribution is -2.49. The maximum Gasteiger partial charge on any atom is 0.219 e. The molecule has 2 aromatic rings. The van der Waals surface area contributed by atoms with E-state index in [9.17, 15) is 4.79 Å². The minimum Gasteiger partial charge on any atom is -0.359 e. The minimum absolute atomic E-state index is 0.144. The van der Waals surface area contributed by atoms with Gasteiger partial charge in [0.25, 0.3) is 0 Å². The Morgan fingerprint density at radius 1 is 1.31 bits per heavy atom. The number of hydrogen-bond acceptors (Lipinski definition) is 4. The van der Waals surface area contributed by atoms with Gasteiger partial charge in [-0.3, -0.25) is 9.79 Å². The third-order valence-electron chi connectivity index (χ3n) is 4.56. The molecule has 1 fully saturated rings. The summed E-state index contributed by atoms with van der Waals surface area (Å²) in [6.07, 6.45) is 1.83. The van der Waals surface area contributed by atoms with Crippen LogP contribution in [0.1, 0.15) is 25.5 Å². The summed E-state index contributed by atoms with van der Waals surface area (Å²) < 4.78 is 5.40. The summed E-state index contributed by atoms with van der Waals surface area (Å²) in [6.45, 7) is 3.69. The molecule has 1 aromatic heterocycles. The molecule has 3 rings (SSSR count). The molecule has 0 bridgehead atoms. The monoisotopic (exact) mass is 355 g/mol. The first-order chi connectivity index (χ1) is 12.7. The highest BCUT2D eigenvalue weighted by Gasteiger charge is 2.21. The Bertz CT molecular complexity index is 748. The van der Waals surface area contributed by atoms with Gasteiger partial charge in [-0.15, -0.1) is 0 Å². The number of likely N-dealkylation sites (tertiary alicyclic amines) is 1. The van der Waals surface area contributed by atoms with Gasteiger partial charge >= 0.3 is 0 Å². The van der Waals surface area contributed by atoms with Crippen molar-refractivity contribution in [3.05, 3.63) is 42.2 Å². The Kier molecular flexibility index (Phi) is 5.88. The van der Waals surface area contributed by atoms with Gasteiger partial charge in [-0.25, -0.2) is 0 Å². The molecule has 2 heterocycles. The molecular weight excluding hydrogens is 330 g/mol. The molecule has 26 heavy (non-hydrogen) atoms. The summed E-state index contributed by atoms with van der Waals surface area (Å²) in [7, 11) is 1.75. The Hall–Kier alpha value is -2.83. The first-order valence-corrected chi connectivity index (χ1v) is 8.89. The average Bonchev–Trinajstić information content (AvgIpc) is 3.15. The topological polar surface area (TPSA) is 82.8 Å². The van der Waals surface area contributed by atoms with Gasteiger partial charge in [0.05, 0.1) is 6.54 Å². The molecule has 0 aliphatic carbocycles. The van der Waals surface area contributed by atoms with Crippen LogP contribution in [0.15, 0.2) is 45.9 Å². The van der Waals surface area contributed by atoms with E-state index in [4.69, 9.17) is 4.52 Å². The quantitative estimate of drug-likeness (QED) is 0.648. The highest BCUT2D eigenvalue weighted by atomic mass is 16.5. The maximum absolute atomic E-state index is 11.4. The molecular formula is C19H25N5O2. The second kappa shape index (κ2) is 8.51. The van der Waals surface area contributed by atoms with Crippen molar-refractivity contribution in [2.24, 2.45) is 4.99 Å². The van der Waals surface area contributed by atoms with Crippen LogP contribution in [-0.4, -0.2) is 48.1 Å². The number of carbonyl (C=O) groups is 1. The predicted molar refractivity (Wildman–Crippen MR) is 101 cm³/mol. The van der Waals surface area contributed by atoms with Crippen molar-refractivity contribution in [1.82, 2.24) is 20.7 Å². The third kappa shape index (κ3) is 4.62. The van der Waals surface area contributed by atoms with Gasteiger partial charge in [-0.2, -0.15) is 0 Å². The molecule has 0 radical (unpaired) electrons. The number of carbonyl (C=O) groups excluding carboxylic acids is 1. The standard InChI is InChI=1S/C19H25N5O2/c1-14(25)24-10-8-16(9-11-24)22-19(20-2)21-13-17-12-18(23-26-17)15-6-4-3-5-7-15/h3-7,12,16H,8-11,13H2,1-2H3,(H2,20,21,22). The van der Waals surface area contributed by atoms with Crippen molar-refractivity contribution < 1.29 is 9.32 Å². The molecule has 0 unspecified atom stereocenters. The number of benzene rings is 1. The smallest absolute Gasteiger partial charge is 0.219 e. The molecule has 138 valence electrons. The number of hydrogen-bond donors (Lipinski definition) is 2. The zero-order chi connectivity index (χ0) is 18.4. The molecule has 1 saturated heterocycles. The summed E-state index contributed by atoms with van der Waals surface area (Å²) in [5, 5.41) is 10.8. The van der Waals surface area contributed by atoms with E-state index in [0.717, 1.165) is 48.9 Å². The fraction of sp³-hybridized carbons (Fsp3) is 0.421. The number of nitrogens with zero attached hydrogens (tertiary/aromatic N) is 3. The van der Waals surface area contributed by atoms with E-state index in [2.05, 4.69) is 20.8 Å². The van der Waals surface area contributed by atoms with Gasteiger partial charge in [0.1, 0.15) is 5.69 Å². The summed E-state index contributed by atoms with van der Waals surface area (Å²) in [5.74, 6) is 1.62. The largest absolute Gasteiger partial charge is 0.359 e.